The lowest BCUT2D eigenvalue weighted by molar-refractivity contribution is -0.121. The Morgan fingerprint density at radius 2 is 1.83 bits per heavy atom. The highest BCUT2D eigenvalue weighted by molar-refractivity contribution is 7.12. The fraction of sp³-hybridized carbons (Fsp3) is 0.368. The minimum Gasteiger partial charge on any atom is -0.355 e. The number of carbonyl (C=O) groups excluding carboxylic acids is 2. The van der Waals surface area contributed by atoms with Crippen LogP contribution >= 0.6 is 11.3 Å². The Morgan fingerprint density at radius 1 is 1.13 bits per heavy atom. The number of thiophene rings is 1. The summed E-state index contributed by atoms with van der Waals surface area (Å²) in [5.74, 6) is 0.251. The Hall–Kier alpha value is -1.94. The third-order valence-electron chi connectivity index (χ3n) is 3.89. The van der Waals surface area contributed by atoms with Gasteiger partial charge in [-0.1, -0.05) is 37.3 Å². The summed E-state index contributed by atoms with van der Waals surface area (Å²) >= 11 is 1.62. The average molecular weight is 329 g/mol. The summed E-state index contributed by atoms with van der Waals surface area (Å²) in [4.78, 5) is 26.3. The summed E-state index contributed by atoms with van der Waals surface area (Å²) in [5.41, 5.74) is 1.96. The maximum Gasteiger partial charge on any atom is 0.220 e. The molecule has 1 atom stereocenters. The molecule has 1 heterocycles. The van der Waals surface area contributed by atoms with Gasteiger partial charge < -0.3 is 5.32 Å². The summed E-state index contributed by atoms with van der Waals surface area (Å²) in [6.07, 6.45) is 0.511. The molecule has 1 amide bonds. The van der Waals surface area contributed by atoms with Crippen molar-refractivity contribution in [1.82, 2.24) is 5.32 Å². The topological polar surface area (TPSA) is 46.2 Å². The molecule has 0 radical (unpaired) electrons. The summed E-state index contributed by atoms with van der Waals surface area (Å²) in [6, 6.07) is 12.0. The maximum absolute atomic E-state index is 12.2. The second-order valence-electron chi connectivity index (χ2n) is 5.87. The molecule has 122 valence electrons. The van der Waals surface area contributed by atoms with E-state index in [-0.39, 0.29) is 30.4 Å². The van der Waals surface area contributed by atoms with E-state index in [1.165, 1.54) is 5.56 Å². The monoisotopic (exact) mass is 329 g/mol. The summed E-state index contributed by atoms with van der Waals surface area (Å²) in [5, 5.41) is 2.92. The molecule has 0 bridgehead atoms. The molecule has 0 saturated heterocycles. The molecule has 2 aromatic rings. The van der Waals surface area contributed by atoms with Crippen LogP contribution in [0, 0.1) is 13.8 Å². The molecule has 0 aliphatic heterocycles. The van der Waals surface area contributed by atoms with Gasteiger partial charge in [0, 0.05) is 34.7 Å². The van der Waals surface area contributed by atoms with Crippen molar-refractivity contribution in [2.24, 2.45) is 0 Å². The van der Waals surface area contributed by atoms with Crippen molar-refractivity contribution in [2.75, 3.05) is 6.54 Å². The highest BCUT2D eigenvalue weighted by atomic mass is 32.1. The quantitative estimate of drug-likeness (QED) is 0.772. The smallest absolute Gasteiger partial charge is 0.220 e. The number of ketones is 1. The van der Waals surface area contributed by atoms with Gasteiger partial charge in [-0.2, -0.15) is 0 Å². The number of rotatable bonds is 7. The van der Waals surface area contributed by atoms with Crippen LogP contribution in [0.2, 0.25) is 0 Å². The molecule has 2 rings (SSSR count). The first-order chi connectivity index (χ1) is 11.0. The van der Waals surface area contributed by atoms with Crippen molar-refractivity contribution in [3.63, 3.8) is 0 Å². The first kappa shape index (κ1) is 17.4. The van der Waals surface area contributed by atoms with Gasteiger partial charge in [0.15, 0.2) is 5.78 Å². The highest BCUT2D eigenvalue weighted by Crippen LogP contribution is 2.22. The zero-order chi connectivity index (χ0) is 16.8. The first-order valence-corrected chi connectivity index (χ1v) is 8.71. The van der Waals surface area contributed by atoms with Gasteiger partial charge in [-0.25, -0.2) is 0 Å². The normalized spacial score (nSPS) is 12.0. The number of hydrogen-bond donors (Lipinski definition) is 1. The van der Waals surface area contributed by atoms with Crippen molar-refractivity contribution < 1.29 is 9.59 Å². The SMILES string of the molecule is Cc1cc(C(=O)CCC(=O)NCC(C)c2ccccc2)c(C)s1. The van der Waals surface area contributed by atoms with Crippen LogP contribution in [0.3, 0.4) is 0 Å². The van der Waals surface area contributed by atoms with Gasteiger partial charge in [0.1, 0.15) is 0 Å². The van der Waals surface area contributed by atoms with Crippen molar-refractivity contribution >= 4 is 23.0 Å². The molecule has 0 spiro atoms. The number of amides is 1. The Kier molecular flexibility index (Phi) is 6.11. The lowest BCUT2D eigenvalue weighted by atomic mass is 10.0. The van der Waals surface area contributed by atoms with Gasteiger partial charge in [0.25, 0.3) is 0 Å². The van der Waals surface area contributed by atoms with Gasteiger partial charge in [-0.05, 0) is 31.4 Å². The Labute approximate surface area is 141 Å². The Bertz CT molecular complexity index is 676. The van der Waals surface area contributed by atoms with Crippen LogP contribution in [-0.2, 0) is 4.79 Å². The molecule has 0 aliphatic carbocycles. The van der Waals surface area contributed by atoms with E-state index >= 15 is 0 Å². The third-order valence-corrected chi connectivity index (χ3v) is 4.86. The number of nitrogens with one attached hydrogen (secondary N) is 1. The standard InChI is InChI=1S/C19H23NO2S/c1-13(16-7-5-4-6-8-16)12-20-19(22)10-9-18(21)17-11-14(2)23-15(17)3/h4-8,11,13H,9-10,12H2,1-3H3,(H,20,22). The molecule has 1 unspecified atom stereocenters. The Morgan fingerprint density at radius 3 is 2.43 bits per heavy atom. The molecule has 0 saturated carbocycles. The van der Waals surface area contributed by atoms with E-state index in [9.17, 15) is 9.59 Å². The van der Waals surface area contributed by atoms with Crippen molar-refractivity contribution in [2.45, 2.75) is 39.5 Å². The molecule has 1 N–H and O–H groups in total. The van der Waals surface area contributed by atoms with Crippen LogP contribution in [-0.4, -0.2) is 18.2 Å². The molecule has 0 fully saturated rings. The minimum atomic E-state index is -0.0641. The number of aryl methyl sites for hydroxylation is 2. The molecule has 1 aromatic carbocycles. The molecule has 3 nitrogen and oxygen atoms in total. The van der Waals surface area contributed by atoms with Gasteiger partial charge in [-0.15, -0.1) is 11.3 Å². The van der Waals surface area contributed by atoms with Crippen LogP contribution in [0.4, 0.5) is 0 Å². The van der Waals surface area contributed by atoms with Crippen LogP contribution in [0.5, 0.6) is 0 Å². The molecule has 0 aliphatic rings. The van der Waals surface area contributed by atoms with Crippen LogP contribution in [0.25, 0.3) is 0 Å². The van der Waals surface area contributed by atoms with Crippen LogP contribution in [0.1, 0.15) is 51.4 Å². The second-order valence-corrected chi connectivity index (χ2v) is 7.33. The summed E-state index contributed by atoms with van der Waals surface area (Å²) in [7, 11) is 0. The molecular formula is C19H23NO2S. The van der Waals surface area contributed by atoms with E-state index in [0.717, 1.165) is 15.3 Å². The summed E-state index contributed by atoms with van der Waals surface area (Å²) < 4.78 is 0. The second kappa shape index (κ2) is 8.06. The van der Waals surface area contributed by atoms with Crippen molar-refractivity contribution in [3.05, 3.63) is 57.3 Å². The third kappa shape index (κ3) is 5.03. The first-order valence-electron chi connectivity index (χ1n) is 7.89. The predicted molar refractivity (Wildman–Crippen MR) is 95.2 cm³/mol. The van der Waals surface area contributed by atoms with Crippen molar-refractivity contribution in [1.29, 1.82) is 0 Å². The lowest BCUT2D eigenvalue weighted by Crippen LogP contribution is -2.27. The van der Waals surface area contributed by atoms with Gasteiger partial charge >= 0.3 is 0 Å². The van der Waals surface area contributed by atoms with E-state index in [1.807, 2.05) is 38.1 Å². The number of hydrogen-bond acceptors (Lipinski definition) is 3. The van der Waals surface area contributed by atoms with Crippen LogP contribution in [0.15, 0.2) is 36.4 Å². The number of carbonyl (C=O) groups is 2. The van der Waals surface area contributed by atoms with E-state index in [2.05, 4.69) is 24.4 Å². The van der Waals surface area contributed by atoms with Gasteiger partial charge in [-0.3, -0.25) is 9.59 Å². The maximum atomic E-state index is 12.2. The van der Waals surface area contributed by atoms with E-state index in [1.54, 1.807) is 11.3 Å². The van der Waals surface area contributed by atoms with E-state index in [0.29, 0.717) is 6.54 Å². The highest BCUT2D eigenvalue weighted by Gasteiger charge is 2.14. The largest absolute Gasteiger partial charge is 0.355 e. The molecule has 4 heteroatoms. The molecule has 1 aromatic heterocycles. The van der Waals surface area contributed by atoms with Gasteiger partial charge in [0.05, 0.1) is 0 Å². The lowest BCUT2D eigenvalue weighted by Gasteiger charge is -2.12. The molecule has 23 heavy (non-hydrogen) atoms. The van der Waals surface area contributed by atoms with Gasteiger partial charge in [0.2, 0.25) is 5.91 Å². The van der Waals surface area contributed by atoms with Crippen LogP contribution < -0.4 is 5.32 Å². The predicted octanol–water partition coefficient (Wildman–Crippen LogP) is 4.25. The fourth-order valence-electron chi connectivity index (χ4n) is 2.52. The number of Topliss-reactive ketones (excluding diaryl/α,β-unsaturated/α-hetero) is 1. The van der Waals surface area contributed by atoms with E-state index in [4.69, 9.17) is 0 Å². The van der Waals surface area contributed by atoms with E-state index < -0.39 is 0 Å². The van der Waals surface area contributed by atoms with Crippen molar-refractivity contribution in [3.8, 4) is 0 Å². The molecular weight excluding hydrogens is 306 g/mol. The Balaban J connectivity index is 1.77. The fourth-order valence-corrected chi connectivity index (χ4v) is 3.47. The minimum absolute atomic E-state index is 0.0538. The zero-order valence-electron chi connectivity index (χ0n) is 13.9. The number of benzene rings is 1. The summed E-state index contributed by atoms with van der Waals surface area (Å²) in [6.45, 7) is 6.62. The zero-order valence-corrected chi connectivity index (χ0v) is 14.7. The average Bonchev–Trinajstić information content (AvgIpc) is 2.89.